The van der Waals surface area contributed by atoms with Gasteiger partial charge in [-0.2, -0.15) is 5.10 Å². The van der Waals surface area contributed by atoms with Crippen LogP contribution >= 0.6 is 15.9 Å². The van der Waals surface area contributed by atoms with Gasteiger partial charge < -0.3 is 8.83 Å². The fourth-order valence-corrected chi connectivity index (χ4v) is 1.46. The van der Waals surface area contributed by atoms with Gasteiger partial charge >= 0.3 is 0 Å². The zero-order valence-corrected chi connectivity index (χ0v) is 10.8. The molecule has 0 atom stereocenters. The Morgan fingerprint density at radius 2 is 2.22 bits per heavy atom. The fraction of sp³-hybridized carbons (Fsp3) is 0. The number of nitrogens with zero attached hydrogens (tertiary/aromatic N) is 1. The van der Waals surface area contributed by atoms with Crippen LogP contribution in [0.4, 0.5) is 0 Å². The molecule has 0 aliphatic carbocycles. The molecule has 2 aromatic rings. The average Bonchev–Trinajstić information content (AvgIpc) is 2.98. The summed E-state index contributed by atoms with van der Waals surface area (Å²) in [5.74, 6) is 0.787. The second-order valence-electron chi connectivity index (χ2n) is 3.22. The lowest BCUT2D eigenvalue weighted by molar-refractivity contribution is -0.116. The maximum Gasteiger partial charge on any atom is 0.264 e. The molecule has 1 N–H and O–H groups in total. The summed E-state index contributed by atoms with van der Waals surface area (Å²) in [4.78, 5) is 11.3. The van der Waals surface area contributed by atoms with Crippen LogP contribution < -0.4 is 5.43 Å². The number of carbonyl (C=O) groups excluding carboxylic acids is 1. The van der Waals surface area contributed by atoms with Gasteiger partial charge in [0.25, 0.3) is 5.91 Å². The van der Waals surface area contributed by atoms with Crippen molar-refractivity contribution in [1.29, 1.82) is 0 Å². The number of carbonyl (C=O) groups is 1. The first-order valence-electron chi connectivity index (χ1n) is 5.04. The Morgan fingerprint density at radius 1 is 1.33 bits per heavy atom. The molecular weight excluding hydrogens is 300 g/mol. The molecule has 18 heavy (non-hydrogen) atoms. The second kappa shape index (κ2) is 6.02. The van der Waals surface area contributed by atoms with E-state index >= 15 is 0 Å². The molecule has 0 unspecified atom stereocenters. The van der Waals surface area contributed by atoms with Gasteiger partial charge in [-0.05, 0) is 46.3 Å². The van der Waals surface area contributed by atoms with Crippen molar-refractivity contribution in [3.05, 3.63) is 52.8 Å². The lowest BCUT2D eigenvalue weighted by atomic mass is 10.4. The highest BCUT2D eigenvalue weighted by atomic mass is 79.9. The summed E-state index contributed by atoms with van der Waals surface area (Å²) in [6.07, 6.45) is 5.82. The molecule has 2 heterocycles. The fourth-order valence-electron chi connectivity index (χ4n) is 1.14. The van der Waals surface area contributed by atoms with Gasteiger partial charge in [0.15, 0.2) is 4.67 Å². The molecule has 0 aliphatic rings. The van der Waals surface area contributed by atoms with E-state index in [0.29, 0.717) is 16.2 Å². The first kappa shape index (κ1) is 12.4. The summed E-state index contributed by atoms with van der Waals surface area (Å²) in [5.41, 5.74) is 2.33. The summed E-state index contributed by atoms with van der Waals surface area (Å²) in [5, 5.41) is 3.73. The van der Waals surface area contributed by atoms with Gasteiger partial charge in [-0.3, -0.25) is 4.79 Å². The van der Waals surface area contributed by atoms with E-state index in [0.717, 1.165) is 0 Å². The van der Waals surface area contributed by atoms with Gasteiger partial charge in [-0.1, -0.05) is 0 Å². The quantitative estimate of drug-likeness (QED) is 0.536. The van der Waals surface area contributed by atoms with Gasteiger partial charge in [0.2, 0.25) is 0 Å². The Balaban J connectivity index is 1.83. The molecular formula is C12H9BrN2O3. The Hall–Kier alpha value is -2.08. The van der Waals surface area contributed by atoms with Crippen LogP contribution in [0.1, 0.15) is 11.5 Å². The summed E-state index contributed by atoms with van der Waals surface area (Å²) < 4.78 is 10.8. The molecule has 2 rings (SSSR count). The van der Waals surface area contributed by atoms with Crippen LogP contribution in [0.3, 0.4) is 0 Å². The van der Waals surface area contributed by atoms with E-state index in [9.17, 15) is 4.79 Å². The van der Waals surface area contributed by atoms with Gasteiger partial charge in [0.05, 0.1) is 12.5 Å². The Morgan fingerprint density at radius 3 is 2.89 bits per heavy atom. The van der Waals surface area contributed by atoms with E-state index in [2.05, 4.69) is 26.5 Å². The van der Waals surface area contributed by atoms with E-state index in [1.54, 1.807) is 30.3 Å². The lowest BCUT2D eigenvalue weighted by Gasteiger charge is -1.91. The maximum absolute atomic E-state index is 11.3. The molecule has 0 spiro atoms. The highest BCUT2D eigenvalue weighted by molar-refractivity contribution is 9.10. The number of nitrogens with one attached hydrogen (secondary N) is 1. The summed E-state index contributed by atoms with van der Waals surface area (Å²) >= 11 is 3.16. The number of hydrogen-bond acceptors (Lipinski definition) is 4. The Labute approximate surface area is 111 Å². The van der Waals surface area contributed by atoms with Crippen LogP contribution in [0.5, 0.6) is 0 Å². The van der Waals surface area contributed by atoms with Crippen LogP contribution in [-0.2, 0) is 4.79 Å². The van der Waals surface area contributed by atoms with Crippen LogP contribution in [0.25, 0.3) is 6.08 Å². The molecule has 0 radical (unpaired) electrons. The zero-order valence-electron chi connectivity index (χ0n) is 9.17. The number of amides is 1. The molecule has 92 valence electrons. The van der Waals surface area contributed by atoms with Crippen molar-refractivity contribution in [3.8, 4) is 0 Å². The highest BCUT2D eigenvalue weighted by Crippen LogP contribution is 2.11. The minimum atomic E-state index is -0.353. The molecule has 0 aliphatic heterocycles. The SMILES string of the molecule is O=C(/C=C/c1ccco1)N/N=C/c1ccc(Br)o1. The summed E-state index contributed by atoms with van der Waals surface area (Å²) in [6, 6.07) is 6.94. The minimum absolute atomic E-state index is 0.353. The molecule has 0 bridgehead atoms. The van der Waals surface area contributed by atoms with Gasteiger partial charge in [0, 0.05) is 6.08 Å². The van der Waals surface area contributed by atoms with E-state index in [1.165, 1.54) is 18.6 Å². The van der Waals surface area contributed by atoms with E-state index in [1.807, 2.05) is 0 Å². The molecule has 0 fully saturated rings. The second-order valence-corrected chi connectivity index (χ2v) is 4.01. The highest BCUT2D eigenvalue weighted by Gasteiger charge is 1.96. The van der Waals surface area contributed by atoms with Gasteiger partial charge in [-0.25, -0.2) is 5.43 Å². The van der Waals surface area contributed by atoms with E-state index in [-0.39, 0.29) is 5.91 Å². The molecule has 1 amide bonds. The van der Waals surface area contributed by atoms with Crippen molar-refractivity contribution in [3.63, 3.8) is 0 Å². The predicted octanol–water partition coefficient (Wildman–Crippen LogP) is 2.80. The lowest BCUT2D eigenvalue weighted by Crippen LogP contribution is -2.13. The monoisotopic (exact) mass is 308 g/mol. The third kappa shape index (κ3) is 3.74. The molecule has 6 heteroatoms. The first-order chi connectivity index (χ1) is 8.74. The van der Waals surface area contributed by atoms with Crippen molar-refractivity contribution >= 4 is 34.1 Å². The first-order valence-corrected chi connectivity index (χ1v) is 5.83. The third-order valence-electron chi connectivity index (χ3n) is 1.90. The smallest absolute Gasteiger partial charge is 0.264 e. The van der Waals surface area contributed by atoms with Crippen molar-refractivity contribution in [1.82, 2.24) is 5.43 Å². The minimum Gasteiger partial charge on any atom is -0.465 e. The normalized spacial score (nSPS) is 11.4. The molecule has 0 aromatic carbocycles. The standard InChI is InChI=1S/C12H9BrN2O3/c13-11-5-3-10(18-11)8-14-15-12(16)6-4-9-2-1-7-17-9/h1-8H,(H,15,16)/b6-4+,14-8+. The topological polar surface area (TPSA) is 67.7 Å². The Bertz CT molecular complexity index is 570. The van der Waals surface area contributed by atoms with E-state index in [4.69, 9.17) is 8.83 Å². The summed E-state index contributed by atoms with van der Waals surface area (Å²) in [7, 11) is 0. The largest absolute Gasteiger partial charge is 0.465 e. The Kier molecular flexibility index (Phi) is 4.14. The number of furan rings is 2. The van der Waals surface area contributed by atoms with E-state index < -0.39 is 0 Å². The van der Waals surface area contributed by atoms with Crippen LogP contribution in [-0.4, -0.2) is 12.1 Å². The van der Waals surface area contributed by atoms with Crippen molar-refractivity contribution < 1.29 is 13.6 Å². The van der Waals surface area contributed by atoms with Gasteiger partial charge in [0.1, 0.15) is 11.5 Å². The molecule has 0 saturated carbocycles. The van der Waals surface area contributed by atoms with Crippen LogP contribution in [0.2, 0.25) is 0 Å². The number of hydrazone groups is 1. The van der Waals surface area contributed by atoms with Gasteiger partial charge in [-0.15, -0.1) is 0 Å². The molecule has 0 saturated heterocycles. The molecule has 5 nitrogen and oxygen atoms in total. The average molecular weight is 309 g/mol. The maximum atomic E-state index is 11.3. The number of hydrogen-bond donors (Lipinski definition) is 1. The summed E-state index contributed by atoms with van der Waals surface area (Å²) in [6.45, 7) is 0. The zero-order chi connectivity index (χ0) is 12.8. The molecule has 2 aromatic heterocycles. The van der Waals surface area contributed by atoms with Crippen LogP contribution in [0.15, 0.2) is 55.2 Å². The predicted molar refractivity (Wildman–Crippen MR) is 69.9 cm³/mol. The van der Waals surface area contributed by atoms with Crippen molar-refractivity contribution in [2.24, 2.45) is 5.10 Å². The van der Waals surface area contributed by atoms with Crippen molar-refractivity contribution in [2.45, 2.75) is 0 Å². The van der Waals surface area contributed by atoms with Crippen LogP contribution in [0, 0.1) is 0 Å². The number of halogens is 1. The number of rotatable bonds is 4. The third-order valence-corrected chi connectivity index (χ3v) is 2.33. The van der Waals surface area contributed by atoms with Crippen molar-refractivity contribution in [2.75, 3.05) is 0 Å².